The molecule has 0 aromatic heterocycles. The Labute approximate surface area is 90.4 Å². The number of carbonyl (C=O) groups is 1. The second-order valence-electron chi connectivity index (χ2n) is 6.03. The zero-order valence-electron chi connectivity index (χ0n) is 9.28. The highest BCUT2D eigenvalue weighted by atomic mass is 16.5. The predicted molar refractivity (Wildman–Crippen MR) is 55.2 cm³/mol. The van der Waals surface area contributed by atoms with Crippen LogP contribution in [0.25, 0.3) is 0 Å². The van der Waals surface area contributed by atoms with Crippen molar-refractivity contribution < 1.29 is 10.0 Å². The Kier molecular flexibility index (Phi) is 1.91. The third-order valence-electron chi connectivity index (χ3n) is 4.79. The molecule has 3 nitrogen and oxygen atoms in total. The fraction of sp³-hybridized carbons (Fsp3) is 0.917. The Hall–Kier alpha value is -0.570. The smallest absolute Gasteiger partial charge is 0.251 e. The summed E-state index contributed by atoms with van der Waals surface area (Å²) in [5.74, 6) is 2.27. The summed E-state index contributed by atoms with van der Waals surface area (Å²) in [6.45, 7) is 0. The molecule has 0 saturated heterocycles. The van der Waals surface area contributed by atoms with E-state index >= 15 is 0 Å². The fourth-order valence-electron chi connectivity index (χ4n) is 4.72. The highest BCUT2D eigenvalue weighted by Crippen LogP contribution is 2.60. The lowest BCUT2D eigenvalue weighted by Gasteiger charge is -2.55. The molecule has 15 heavy (non-hydrogen) atoms. The Morgan fingerprint density at radius 1 is 1.13 bits per heavy atom. The minimum Gasteiger partial charge on any atom is -0.286 e. The van der Waals surface area contributed by atoms with Crippen molar-refractivity contribution in [1.82, 2.24) is 5.06 Å². The lowest BCUT2D eigenvalue weighted by Crippen LogP contribution is -2.53. The molecule has 0 heterocycles. The molecule has 84 valence electrons. The van der Waals surface area contributed by atoms with Crippen LogP contribution in [0.4, 0.5) is 0 Å². The summed E-state index contributed by atoms with van der Waals surface area (Å²) in [7, 11) is 1.47. The molecule has 0 radical (unpaired) electrons. The van der Waals surface area contributed by atoms with Gasteiger partial charge in [0.15, 0.2) is 0 Å². The lowest BCUT2D eigenvalue weighted by atomic mass is 9.49. The molecule has 0 spiro atoms. The molecule has 0 unspecified atom stereocenters. The number of hydroxylamine groups is 2. The molecular formula is C12H19NO2. The van der Waals surface area contributed by atoms with Crippen molar-refractivity contribution in [3.63, 3.8) is 0 Å². The minimum absolute atomic E-state index is 0.0263. The van der Waals surface area contributed by atoms with Crippen LogP contribution in [-0.2, 0) is 4.79 Å². The van der Waals surface area contributed by atoms with Gasteiger partial charge in [0.05, 0.1) is 5.41 Å². The quantitative estimate of drug-likeness (QED) is 0.530. The van der Waals surface area contributed by atoms with Crippen LogP contribution in [0.1, 0.15) is 38.5 Å². The van der Waals surface area contributed by atoms with Gasteiger partial charge in [-0.15, -0.1) is 0 Å². The van der Waals surface area contributed by atoms with Crippen molar-refractivity contribution in [3.05, 3.63) is 0 Å². The van der Waals surface area contributed by atoms with Crippen molar-refractivity contribution in [2.24, 2.45) is 23.2 Å². The molecule has 3 heteroatoms. The summed E-state index contributed by atoms with van der Waals surface area (Å²) in [6.07, 6.45) is 7.10. The van der Waals surface area contributed by atoms with Gasteiger partial charge in [0.1, 0.15) is 0 Å². The second-order valence-corrected chi connectivity index (χ2v) is 6.03. The van der Waals surface area contributed by atoms with Crippen LogP contribution >= 0.6 is 0 Å². The largest absolute Gasteiger partial charge is 0.286 e. The van der Waals surface area contributed by atoms with Gasteiger partial charge in [-0.1, -0.05) is 0 Å². The minimum atomic E-state index is -0.182. The van der Waals surface area contributed by atoms with E-state index in [-0.39, 0.29) is 11.3 Å². The highest BCUT2D eigenvalue weighted by molar-refractivity contribution is 5.82. The first-order valence-corrected chi connectivity index (χ1v) is 6.06. The Balaban J connectivity index is 1.90. The van der Waals surface area contributed by atoms with E-state index in [2.05, 4.69) is 0 Å². The first-order valence-electron chi connectivity index (χ1n) is 6.06. The van der Waals surface area contributed by atoms with Crippen molar-refractivity contribution in [1.29, 1.82) is 0 Å². The number of hydrogen-bond donors (Lipinski definition) is 1. The van der Waals surface area contributed by atoms with Gasteiger partial charge in [-0.3, -0.25) is 10.0 Å². The molecule has 1 amide bonds. The van der Waals surface area contributed by atoms with Crippen LogP contribution in [-0.4, -0.2) is 23.2 Å². The Bertz CT molecular complexity index is 263. The molecule has 4 fully saturated rings. The number of amides is 1. The SMILES string of the molecule is CN(O)C(=O)C12CC3CC(CC(C3)C1)C2. The number of hydrogen-bond acceptors (Lipinski definition) is 2. The van der Waals surface area contributed by atoms with Crippen LogP contribution in [0.3, 0.4) is 0 Å². The van der Waals surface area contributed by atoms with Gasteiger partial charge in [0, 0.05) is 7.05 Å². The van der Waals surface area contributed by atoms with Gasteiger partial charge in [-0.05, 0) is 56.3 Å². The summed E-state index contributed by atoms with van der Waals surface area (Å²) in [5, 5.41) is 10.2. The molecular weight excluding hydrogens is 190 g/mol. The first-order chi connectivity index (χ1) is 7.09. The molecule has 4 aliphatic rings. The molecule has 0 aromatic rings. The maximum atomic E-state index is 12.1. The topological polar surface area (TPSA) is 40.5 Å². The van der Waals surface area contributed by atoms with Gasteiger partial charge in [-0.2, -0.15) is 0 Å². The maximum Gasteiger partial charge on any atom is 0.251 e. The van der Waals surface area contributed by atoms with E-state index in [0.717, 1.165) is 42.1 Å². The molecule has 4 rings (SSSR count). The predicted octanol–water partition coefficient (Wildman–Crippen LogP) is 2.05. The van der Waals surface area contributed by atoms with Crippen LogP contribution in [0.2, 0.25) is 0 Å². The Morgan fingerprint density at radius 2 is 1.53 bits per heavy atom. The molecule has 1 N–H and O–H groups in total. The van der Waals surface area contributed by atoms with Crippen molar-refractivity contribution in [2.75, 3.05) is 7.05 Å². The van der Waals surface area contributed by atoms with Crippen LogP contribution in [0.15, 0.2) is 0 Å². The van der Waals surface area contributed by atoms with Gasteiger partial charge in [0.2, 0.25) is 0 Å². The first kappa shape index (κ1) is 9.64. The van der Waals surface area contributed by atoms with Crippen LogP contribution in [0, 0.1) is 23.2 Å². The van der Waals surface area contributed by atoms with Crippen LogP contribution < -0.4 is 0 Å². The zero-order valence-corrected chi connectivity index (χ0v) is 9.28. The monoisotopic (exact) mass is 209 g/mol. The third kappa shape index (κ3) is 1.32. The average Bonchev–Trinajstić information content (AvgIpc) is 2.14. The average molecular weight is 209 g/mol. The molecule has 0 aromatic carbocycles. The zero-order chi connectivity index (χ0) is 10.6. The van der Waals surface area contributed by atoms with Crippen LogP contribution in [0.5, 0.6) is 0 Å². The fourth-order valence-corrected chi connectivity index (χ4v) is 4.72. The standard InChI is InChI=1S/C12H19NO2/c1-13(15)11(14)12-5-8-2-9(6-12)4-10(3-8)7-12/h8-10,15H,2-7H2,1H3. The number of rotatable bonds is 1. The summed E-state index contributed by atoms with van der Waals surface area (Å²) in [6, 6.07) is 0. The van der Waals surface area contributed by atoms with Gasteiger partial charge in [-0.25, -0.2) is 5.06 Å². The molecule has 4 aliphatic carbocycles. The number of nitrogens with zero attached hydrogens (tertiary/aromatic N) is 1. The van der Waals surface area contributed by atoms with Gasteiger partial charge in [0.25, 0.3) is 5.91 Å². The Morgan fingerprint density at radius 3 is 1.87 bits per heavy atom. The maximum absolute atomic E-state index is 12.1. The molecule has 0 atom stereocenters. The van der Waals surface area contributed by atoms with E-state index in [1.807, 2.05) is 0 Å². The van der Waals surface area contributed by atoms with E-state index in [4.69, 9.17) is 0 Å². The van der Waals surface area contributed by atoms with E-state index in [1.54, 1.807) is 0 Å². The van der Waals surface area contributed by atoms with Gasteiger partial charge < -0.3 is 0 Å². The molecule has 0 aliphatic heterocycles. The van der Waals surface area contributed by atoms with Crippen molar-refractivity contribution in [2.45, 2.75) is 38.5 Å². The summed E-state index contributed by atoms with van der Waals surface area (Å²) in [5.41, 5.74) is -0.182. The molecule has 4 saturated carbocycles. The van der Waals surface area contributed by atoms with E-state index in [9.17, 15) is 10.0 Å². The highest BCUT2D eigenvalue weighted by Gasteiger charge is 2.55. The third-order valence-corrected chi connectivity index (χ3v) is 4.79. The van der Waals surface area contributed by atoms with Gasteiger partial charge >= 0.3 is 0 Å². The lowest BCUT2D eigenvalue weighted by molar-refractivity contribution is -0.185. The van der Waals surface area contributed by atoms with Crippen molar-refractivity contribution in [3.8, 4) is 0 Å². The summed E-state index contributed by atoms with van der Waals surface area (Å²) >= 11 is 0. The summed E-state index contributed by atoms with van der Waals surface area (Å²) < 4.78 is 0. The summed E-state index contributed by atoms with van der Waals surface area (Å²) in [4.78, 5) is 12.1. The number of carbonyl (C=O) groups excluding carboxylic acids is 1. The molecule has 4 bridgehead atoms. The second kappa shape index (κ2) is 2.97. The normalized spacial score (nSPS) is 46.9. The van der Waals surface area contributed by atoms with Crippen molar-refractivity contribution >= 4 is 5.91 Å². The van der Waals surface area contributed by atoms with E-state index in [0.29, 0.717) is 0 Å². The van der Waals surface area contributed by atoms with E-state index < -0.39 is 0 Å². The van der Waals surface area contributed by atoms with E-state index in [1.165, 1.54) is 26.3 Å².